The van der Waals surface area contributed by atoms with Crippen molar-refractivity contribution in [3.63, 3.8) is 0 Å². The molecule has 3 aromatic rings. The van der Waals surface area contributed by atoms with E-state index in [0.717, 1.165) is 30.3 Å². The molecule has 0 saturated carbocycles. The minimum absolute atomic E-state index is 0.0169. The molecule has 0 atom stereocenters. The van der Waals surface area contributed by atoms with Gasteiger partial charge in [-0.1, -0.05) is 30.3 Å². The van der Waals surface area contributed by atoms with Crippen molar-refractivity contribution in [2.24, 2.45) is 0 Å². The van der Waals surface area contributed by atoms with Crippen molar-refractivity contribution in [2.45, 2.75) is 63.4 Å². The van der Waals surface area contributed by atoms with Crippen LogP contribution in [0.25, 0.3) is 11.3 Å². The number of rotatable bonds is 14. The summed E-state index contributed by atoms with van der Waals surface area (Å²) in [5.74, 6) is -1.69. The summed E-state index contributed by atoms with van der Waals surface area (Å²) in [6.45, 7) is 6.95. The Morgan fingerprint density at radius 1 is 0.930 bits per heavy atom. The monoisotopic (exact) mass is 626 g/mol. The number of ether oxygens (including phenoxy) is 2. The van der Waals surface area contributed by atoms with Gasteiger partial charge in [-0.3, -0.25) is 9.52 Å². The molecule has 0 unspecified atom stereocenters. The number of aromatic nitrogens is 2. The van der Waals surface area contributed by atoms with Gasteiger partial charge in [-0.15, -0.1) is 0 Å². The summed E-state index contributed by atoms with van der Waals surface area (Å²) >= 11 is 0. The molecule has 43 heavy (non-hydrogen) atoms. The summed E-state index contributed by atoms with van der Waals surface area (Å²) in [5.41, 5.74) is -1.56. The van der Waals surface area contributed by atoms with Gasteiger partial charge >= 0.3 is 12.1 Å². The van der Waals surface area contributed by atoms with Gasteiger partial charge < -0.3 is 14.8 Å². The Bertz CT molecular complexity index is 1490. The number of sulfonamides is 1. The Hall–Kier alpha value is -3.62. The second-order valence-corrected chi connectivity index (χ2v) is 12.1. The number of carbonyl (C=O) groups is 1. The van der Waals surface area contributed by atoms with E-state index in [1.807, 2.05) is 20.8 Å². The molecule has 0 radical (unpaired) electrons. The smallest absolute Gasteiger partial charge is 0.418 e. The molecule has 0 saturated heterocycles. The molecular weight excluding hydrogens is 592 g/mol. The number of carbonyl (C=O) groups excluding carboxylic acids is 1. The number of esters is 1. The van der Waals surface area contributed by atoms with Crippen LogP contribution >= 0.6 is 0 Å². The highest BCUT2D eigenvalue weighted by Gasteiger charge is 2.35. The Morgan fingerprint density at radius 2 is 1.65 bits per heavy atom. The third kappa shape index (κ3) is 10.9. The molecule has 234 valence electrons. The van der Waals surface area contributed by atoms with Crippen molar-refractivity contribution in [1.82, 2.24) is 15.3 Å². The van der Waals surface area contributed by atoms with Crippen LogP contribution in [0.5, 0.6) is 0 Å². The van der Waals surface area contributed by atoms with Crippen LogP contribution in [0.1, 0.15) is 51.2 Å². The first-order chi connectivity index (χ1) is 20.2. The maximum Gasteiger partial charge on any atom is 0.418 e. The number of alkyl halides is 3. The highest BCUT2D eigenvalue weighted by atomic mass is 32.2. The minimum Gasteiger partial charge on any atom is -0.460 e. The highest BCUT2D eigenvalue weighted by Crippen LogP contribution is 2.38. The van der Waals surface area contributed by atoms with E-state index in [1.54, 1.807) is 12.1 Å². The van der Waals surface area contributed by atoms with Crippen LogP contribution in [0.3, 0.4) is 0 Å². The lowest BCUT2D eigenvalue weighted by Crippen LogP contribution is -2.25. The molecule has 2 N–H and O–H groups in total. The molecule has 0 aliphatic heterocycles. The summed E-state index contributed by atoms with van der Waals surface area (Å²) in [6, 6.07) is 11.0. The molecule has 0 aliphatic carbocycles. The Labute approximate surface area is 248 Å². The van der Waals surface area contributed by atoms with Gasteiger partial charge in [0.1, 0.15) is 11.4 Å². The zero-order valence-electron chi connectivity index (χ0n) is 24.0. The molecule has 9 nitrogen and oxygen atoms in total. The first-order valence-electron chi connectivity index (χ1n) is 13.5. The maximum atomic E-state index is 13.9. The third-order valence-corrected chi connectivity index (χ3v) is 6.99. The molecule has 1 aromatic carbocycles. The average molecular weight is 627 g/mol. The van der Waals surface area contributed by atoms with Crippen LogP contribution in [0, 0.1) is 5.95 Å². The number of halogens is 4. The van der Waals surface area contributed by atoms with E-state index in [9.17, 15) is 30.8 Å². The summed E-state index contributed by atoms with van der Waals surface area (Å²) in [7, 11) is -4.43. The fraction of sp³-hybridized carbons (Fsp3) is 0.414. The van der Waals surface area contributed by atoms with Crippen LogP contribution in [0.2, 0.25) is 0 Å². The van der Waals surface area contributed by atoms with Crippen molar-refractivity contribution < 1.29 is 40.2 Å². The lowest BCUT2D eigenvalue weighted by molar-refractivity contribution is -0.154. The predicted octanol–water partition coefficient (Wildman–Crippen LogP) is 5.72. The van der Waals surface area contributed by atoms with E-state index < -0.39 is 49.8 Å². The number of anilines is 1. The van der Waals surface area contributed by atoms with Gasteiger partial charge in [-0.2, -0.15) is 26.0 Å². The lowest BCUT2D eigenvalue weighted by atomic mass is 10.00. The Kier molecular flexibility index (Phi) is 11.6. The second kappa shape index (κ2) is 14.7. The van der Waals surface area contributed by atoms with Crippen molar-refractivity contribution in [1.29, 1.82) is 0 Å². The zero-order valence-corrected chi connectivity index (χ0v) is 24.8. The van der Waals surface area contributed by atoms with Gasteiger partial charge in [-0.25, -0.2) is 9.97 Å². The largest absolute Gasteiger partial charge is 0.460 e. The van der Waals surface area contributed by atoms with E-state index in [-0.39, 0.29) is 18.1 Å². The molecule has 3 rings (SSSR count). The fourth-order valence-corrected chi connectivity index (χ4v) is 4.87. The van der Waals surface area contributed by atoms with Gasteiger partial charge in [0, 0.05) is 18.6 Å². The number of benzene rings is 1. The second-order valence-electron chi connectivity index (χ2n) is 10.5. The first kappa shape index (κ1) is 33.9. The minimum atomic E-state index is -4.78. The number of nitrogens with one attached hydrogen (secondary N) is 2. The topological polar surface area (TPSA) is 120 Å². The molecular formula is C29H34F4N4O5S. The normalized spacial score (nSPS) is 12.3. The fourth-order valence-electron chi connectivity index (χ4n) is 3.91. The molecule has 2 aromatic heterocycles. The quantitative estimate of drug-likeness (QED) is 0.101. The number of hydrogen-bond donors (Lipinski definition) is 2. The van der Waals surface area contributed by atoms with Gasteiger partial charge in [0.05, 0.1) is 17.9 Å². The van der Waals surface area contributed by atoms with E-state index in [1.165, 1.54) is 12.1 Å². The number of hydrogen-bond acceptors (Lipinski definition) is 8. The standard InChI is InChI=1S/C29H34F4N4O5S/c1-28(2,3)42-26(38)13-7-16-34-17-8-18-41-19-20-9-4-5-10-21(20)27-22(29(31,32)33)14-15-24(36-27)37-43(39,40)25-12-6-11-23(30)35-25/h4-6,9-12,14-15,34H,7-8,13,16-19H2,1-3H3,(H,36,37). The van der Waals surface area contributed by atoms with Gasteiger partial charge in [0.2, 0.25) is 5.95 Å². The maximum absolute atomic E-state index is 13.9. The summed E-state index contributed by atoms with van der Waals surface area (Å²) < 4.78 is 93.7. The summed E-state index contributed by atoms with van der Waals surface area (Å²) in [4.78, 5) is 19.0. The average Bonchev–Trinajstić information content (AvgIpc) is 2.90. The van der Waals surface area contributed by atoms with Crippen molar-refractivity contribution in [3.8, 4) is 11.3 Å². The van der Waals surface area contributed by atoms with Crippen molar-refractivity contribution in [2.75, 3.05) is 24.4 Å². The number of nitrogens with zero attached hydrogens (tertiary/aromatic N) is 2. The molecule has 0 amide bonds. The van der Waals surface area contributed by atoms with Crippen LogP contribution in [-0.4, -0.2) is 49.7 Å². The van der Waals surface area contributed by atoms with E-state index in [2.05, 4.69) is 20.0 Å². The Balaban J connectivity index is 1.64. The molecule has 0 fully saturated rings. The SMILES string of the molecule is CC(C)(C)OC(=O)CCCNCCCOCc1ccccc1-c1nc(NS(=O)(=O)c2cccc(F)n2)ccc1C(F)(F)F. The van der Waals surface area contributed by atoms with Crippen molar-refractivity contribution >= 4 is 21.8 Å². The predicted molar refractivity (Wildman–Crippen MR) is 152 cm³/mol. The van der Waals surface area contributed by atoms with Crippen LogP contribution in [0.15, 0.2) is 59.6 Å². The van der Waals surface area contributed by atoms with Gasteiger partial charge in [0.15, 0.2) is 5.03 Å². The number of pyridine rings is 2. The molecule has 2 heterocycles. The van der Waals surface area contributed by atoms with E-state index >= 15 is 0 Å². The first-order valence-corrected chi connectivity index (χ1v) is 15.0. The van der Waals surface area contributed by atoms with E-state index in [0.29, 0.717) is 44.5 Å². The summed E-state index contributed by atoms with van der Waals surface area (Å²) in [5, 5.41) is 2.55. The van der Waals surface area contributed by atoms with Crippen LogP contribution in [-0.2, 0) is 37.1 Å². The zero-order chi connectivity index (χ0) is 31.7. The molecule has 0 spiro atoms. The van der Waals surface area contributed by atoms with E-state index in [4.69, 9.17) is 9.47 Å². The summed E-state index contributed by atoms with van der Waals surface area (Å²) in [6.07, 6.45) is -3.25. The highest BCUT2D eigenvalue weighted by molar-refractivity contribution is 7.92. The molecule has 14 heteroatoms. The van der Waals surface area contributed by atoms with Gasteiger partial charge in [-0.05, 0) is 76.5 Å². The molecule has 0 bridgehead atoms. The Morgan fingerprint density at radius 3 is 2.35 bits per heavy atom. The van der Waals surface area contributed by atoms with Crippen molar-refractivity contribution in [3.05, 3.63) is 71.7 Å². The van der Waals surface area contributed by atoms with Crippen LogP contribution in [0.4, 0.5) is 23.4 Å². The van der Waals surface area contributed by atoms with Gasteiger partial charge in [0.25, 0.3) is 10.0 Å². The molecule has 0 aliphatic rings. The van der Waals surface area contributed by atoms with Crippen LogP contribution < -0.4 is 10.0 Å². The third-order valence-electron chi connectivity index (χ3n) is 5.73. The lowest BCUT2D eigenvalue weighted by Gasteiger charge is -2.19.